The van der Waals surface area contributed by atoms with Crippen LogP contribution in [0.2, 0.25) is 0 Å². The predicted molar refractivity (Wildman–Crippen MR) is 95.7 cm³/mol. The van der Waals surface area contributed by atoms with Crippen LogP contribution in [-0.2, 0) is 16.0 Å². The van der Waals surface area contributed by atoms with Crippen molar-refractivity contribution in [1.82, 2.24) is 0 Å². The lowest BCUT2D eigenvalue weighted by Crippen LogP contribution is -2.51. The van der Waals surface area contributed by atoms with Gasteiger partial charge in [0.15, 0.2) is 16.9 Å². The van der Waals surface area contributed by atoms with Gasteiger partial charge >= 0.3 is 5.97 Å². The van der Waals surface area contributed by atoms with Crippen LogP contribution in [0.1, 0.15) is 36.4 Å². The number of benzene rings is 1. The normalized spacial score (nSPS) is 32.0. The Labute approximate surface area is 153 Å². The highest BCUT2D eigenvalue weighted by atomic mass is 16.6. The maximum atomic E-state index is 13.8. The van der Waals surface area contributed by atoms with E-state index in [1.165, 1.54) is 7.11 Å². The molecule has 0 unspecified atom stereocenters. The van der Waals surface area contributed by atoms with Gasteiger partial charge in [0, 0.05) is 17.6 Å². The van der Waals surface area contributed by atoms with Crippen molar-refractivity contribution in [2.45, 2.75) is 31.7 Å². The minimum Gasteiger partial charge on any atom is -0.632 e. The summed E-state index contributed by atoms with van der Waals surface area (Å²) in [5.41, 5.74) is 2.06. The highest BCUT2D eigenvalue weighted by molar-refractivity contribution is 5.83. The van der Waals surface area contributed by atoms with Gasteiger partial charge in [-0.1, -0.05) is 6.08 Å². The van der Waals surface area contributed by atoms with Crippen LogP contribution < -0.4 is 9.47 Å². The summed E-state index contributed by atoms with van der Waals surface area (Å²) < 4.78 is 15.7. The van der Waals surface area contributed by atoms with Crippen LogP contribution in [0.4, 0.5) is 0 Å². The Bertz CT molecular complexity index is 789. The maximum Gasteiger partial charge on any atom is 0.322 e. The molecule has 4 rings (SSSR count). The number of allylic oxidation sites excluding steroid dienone is 1. The van der Waals surface area contributed by atoms with Gasteiger partial charge in [-0.05, 0) is 37.0 Å². The van der Waals surface area contributed by atoms with Gasteiger partial charge in [-0.15, -0.1) is 0 Å². The lowest BCUT2D eigenvalue weighted by Gasteiger charge is -2.50. The second kappa shape index (κ2) is 5.99. The molecule has 26 heavy (non-hydrogen) atoms. The molecule has 0 bridgehead atoms. The van der Waals surface area contributed by atoms with Crippen molar-refractivity contribution in [2.24, 2.45) is 5.41 Å². The number of hydrogen-bond donors (Lipinski definition) is 0. The summed E-state index contributed by atoms with van der Waals surface area (Å²) in [7, 11) is 4.61. The molecule has 0 N–H and O–H groups in total. The number of quaternary nitrogens is 1. The second-order valence-electron chi connectivity index (χ2n) is 7.48. The number of methoxy groups -OCH3 is 3. The number of rotatable bonds is 3. The Kier molecular flexibility index (Phi) is 4.00. The Morgan fingerprint density at radius 3 is 2.65 bits per heavy atom. The average molecular weight is 359 g/mol. The highest BCUT2D eigenvalue weighted by Crippen LogP contribution is 2.61. The molecule has 140 valence electrons. The van der Waals surface area contributed by atoms with E-state index >= 15 is 0 Å². The smallest absolute Gasteiger partial charge is 0.322 e. The van der Waals surface area contributed by atoms with Crippen LogP contribution in [0.25, 0.3) is 0 Å². The summed E-state index contributed by atoms with van der Waals surface area (Å²) in [6.07, 6.45) is 5.22. The summed E-state index contributed by atoms with van der Waals surface area (Å²) in [5.74, 6) is 0.960. The highest BCUT2D eigenvalue weighted by Gasteiger charge is 2.64. The lowest BCUT2D eigenvalue weighted by molar-refractivity contribution is -0.902. The zero-order valence-electron chi connectivity index (χ0n) is 15.5. The van der Waals surface area contributed by atoms with Crippen LogP contribution in [0, 0.1) is 10.6 Å². The van der Waals surface area contributed by atoms with Crippen molar-refractivity contribution in [3.8, 4) is 11.5 Å². The number of hydrogen-bond acceptors (Lipinski definition) is 5. The van der Waals surface area contributed by atoms with Gasteiger partial charge in [-0.2, -0.15) is 0 Å². The fourth-order valence-electron chi connectivity index (χ4n) is 5.27. The molecule has 0 amide bonds. The zero-order chi connectivity index (χ0) is 18.5. The van der Waals surface area contributed by atoms with E-state index in [0.717, 1.165) is 29.5 Å². The molecule has 3 atom stereocenters. The number of esters is 1. The van der Waals surface area contributed by atoms with Crippen LogP contribution >= 0.6 is 0 Å². The van der Waals surface area contributed by atoms with Crippen LogP contribution in [0.5, 0.6) is 11.5 Å². The fraction of sp³-hybridized carbons (Fsp3) is 0.550. The van der Waals surface area contributed by atoms with E-state index in [-0.39, 0.29) is 10.6 Å². The summed E-state index contributed by atoms with van der Waals surface area (Å²) in [4.78, 5) is 13.0. The summed E-state index contributed by atoms with van der Waals surface area (Å²) in [6, 6.07) is 3.36. The first kappa shape index (κ1) is 17.4. The van der Waals surface area contributed by atoms with E-state index in [4.69, 9.17) is 14.2 Å². The van der Waals surface area contributed by atoms with Crippen molar-refractivity contribution in [1.29, 1.82) is 0 Å². The summed E-state index contributed by atoms with van der Waals surface area (Å²) >= 11 is 0. The average Bonchev–Trinajstić information content (AvgIpc) is 2.95. The first-order valence-electron chi connectivity index (χ1n) is 9.10. The zero-order valence-corrected chi connectivity index (χ0v) is 15.5. The molecule has 6 heteroatoms. The van der Waals surface area contributed by atoms with Crippen molar-refractivity contribution in [3.63, 3.8) is 0 Å². The molecule has 0 saturated carbocycles. The second-order valence-corrected chi connectivity index (χ2v) is 7.48. The molecule has 1 aliphatic carbocycles. The van der Waals surface area contributed by atoms with Gasteiger partial charge in [0.25, 0.3) is 0 Å². The monoisotopic (exact) mass is 359 g/mol. The van der Waals surface area contributed by atoms with Crippen molar-refractivity contribution in [2.75, 3.05) is 34.4 Å². The molecule has 1 fully saturated rings. The summed E-state index contributed by atoms with van der Waals surface area (Å²) in [6.45, 7) is 0.830. The van der Waals surface area contributed by atoms with Gasteiger partial charge in [-0.25, -0.2) is 0 Å². The maximum absolute atomic E-state index is 13.8. The third kappa shape index (κ3) is 2.15. The number of fused-ring (bicyclic) bond motifs is 5. The number of ether oxygens (including phenoxy) is 3. The molecule has 0 radical (unpaired) electrons. The van der Waals surface area contributed by atoms with E-state index < -0.39 is 11.5 Å². The molecule has 2 aliphatic heterocycles. The van der Waals surface area contributed by atoms with Gasteiger partial charge < -0.3 is 24.1 Å². The van der Waals surface area contributed by atoms with Gasteiger partial charge in [0.2, 0.25) is 0 Å². The van der Waals surface area contributed by atoms with Crippen LogP contribution in [-0.4, -0.2) is 45.0 Å². The number of hydroxylamine groups is 3. The van der Waals surface area contributed by atoms with E-state index in [2.05, 4.69) is 6.08 Å². The minimum atomic E-state index is -0.858. The molecule has 1 aromatic carbocycles. The third-order valence-electron chi connectivity index (χ3n) is 6.36. The number of carbonyl (C=O) groups excluding carboxylic acids is 1. The number of nitrogens with zero attached hydrogens (tertiary/aromatic N) is 1. The quantitative estimate of drug-likeness (QED) is 0.359. The number of carbonyl (C=O) groups is 1. The Morgan fingerprint density at radius 2 is 1.96 bits per heavy atom. The molecule has 0 aromatic heterocycles. The SMILES string of the molecule is COC(=O)[C@@]12CCCC=C1C[N@+]1([O-])CCc3cc(OC)c(OC)cc3[C@H]21. The Balaban J connectivity index is 1.95. The summed E-state index contributed by atoms with van der Waals surface area (Å²) in [5, 5.41) is 13.8. The largest absolute Gasteiger partial charge is 0.632 e. The third-order valence-corrected chi connectivity index (χ3v) is 6.36. The van der Waals surface area contributed by atoms with Gasteiger partial charge in [0.1, 0.15) is 12.6 Å². The lowest BCUT2D eigenvalue weighted by atomic mass is 9.67. The standard InChI is InChI=1S/C20H25NO5/c1-24-16-10-13-7-9-21(23)12-14-6-4-5-8-20(14,19(22)26-3)18(21)15(13)11-17(16)25-2/h6,10-11,18H,4-5,7-9,12H2,1-3H3/t18-,20+,21-/m1/s1. The molecular weight excluding hydrogens is 334 g/mol. The van der Waals surface area contributed by atoms with Gasteiger partial charge in [0.05, 0.1) is 27.9 Å². The van der Waals surface area contributed by atoms with E-state index in [1.807, 2.05) is 12.1 Å². The predicted octanol–water partition coefficient (Wildman–Crippen LogP) is 2.90. The molecule has 1 saturated heterocycles. The first-order valence-corrected chi connectivity index (χ1v) is 9.10. The van der Waals surface area contributed by atoms with Crippen molar-refractivity contribution in [3.05, 3.63) is 40.1 Å². The molecule has 6 nitrogen and oxygen atoms in total. The molecule has 0 spiro atoms. The van der Waals surface area contributed by atoms with Gasteiger partial charge in [-0.3, -0.25) is 4.79 Å². The molecular formula is C20H25NO5. The topological polar surface area (TPSA) is 67.8 Å². The Hall–Kier alpha value is -2.05. The van der Waals surface area contributed by atoms with E-state index in [0.29, 0.717) is 37.4 Å². The van der Waals surface area contributed by atoms with E-state index in [9.17, 15) is 10.0 Å². The molecule has 2 heterocycles. The minimum absolute atomic E-state index is 0.285. The molecule has 3 aliphatic rings. The van der Waals surface area contributed by atoms with Crippen LogP contribution in [0.3, 0.4) is 0 Å². The Morgan fingerprint density at radius 1 is 1.23 bits per heavy atom. The molecule has 1 aromatic rings. The fourth-order valence-corrected chi connectivity index (χ4v) is 5.27. The van der Waals surface area contributed by atoms with Crippen molar-refractivity contribution < 1.29 is 23.7 Å². The van der Waals surface area contributed by atoms with Crippen LogP contribution in [0.15, 0.2) is 23.8 Å². The van der Waals surface area contributed by atoms with E-state index in [1.54, 1.807) is 14.2 Å². The first-order chi connectivity index (χ1) is 12.5. The van der Waals surface area contributed by atoms with Crippen molar-refractivity contribution >= 4 is 5.97 Å².